The van der Waals surface area contributed by atoms with Crippen LogP contribution in [0.3, 0.4) is 0 Å². The quantitative estimate of drug-likeness (QED) is 0.704. The molecule has 0 aliphatic rings. The Balaban J connectivity index is 2.81. The number of rotatable bonds is 2. The van der Waals surface area contributed by atoms with Gasteiger partial charge in [-0.05, 0) is 23.1 Å². The Labute approximate surface area is 79.9 Å². The molecule has 0 unspecified atom stereocenters. The van der Waals surface area contributed by atoms with Crippen molar-refractivity contribution in [2.24, 2.45) is 0 Å². The fourth-order valence-corrected chi connectivity index (χ4v) is 1.14. The molecule has 0 heterocycles. The van der Waals surface area contributed by atoms with E-state index in [9.17, 15) is 0 Å². The van der Waals surface area contributed by atoms with Gasteiger partial charge >= 0.3 is 0 Å². The Morgan fingerprint density at radius 3 is 2.00 bits per heavy atom. The second-order valence-corrected chi connectivity index (χ2v) is 4.08. The zero-order chi connectivity index (χ0) is 9.90. The predicted molar refractivity (Wildman–Crippen MR) is 54.8 cm³/mol. The van der Waals surface area contributed by atoms with Gasteiger partial charge < -0.3 is 4.84 Å². The summed E-state index contributed by atoms with van der Waals surface area (Å²) in [6.07, 6.45) is 0. The molecule has 2 nitrogen and oxygen atoms in total. The van der Waals surface area contributed by atoms with E-state index in [2.05, 4.69) is 38.4 Å². The van der Waals surface area contributed by atoms with Crippen LogP contribution in [0.5, 0.6) is 5.75 Å². The lowest BCUT2D eigenvalue weighted by Gasteiger charge is -2.18. The van der Waals surface area contributed by atoms with Gasteiger partial charge in [0, 0.05) is 7.05 Å². The van der Waals surface area contributed by atoms with Crippen molar-refractivity contribution in [1.82, 2.24) is 5.48 Å². The predicted octanol–water partition coefficient (Wildman–Crippen LogP) is 2.50. The lowest BCUT2D eigenvalue weighted by atomic mass is 9.87. The van der Waals surface area contributed by atoms with Crippen LogP contribution in [0, 0.1) is 0 Å². The molecule has 0 amide bonds. The standard InChI is InChI=1S/C11H17NO/c1-11(2,3)9-5-7-10(8-6-9)13-12-4/h5-8,12H,1-4H3. The van der Waals surface area contributed by atoms with Gasteiger partial charge in [-0.1, -0.05) is 32.9 Å². The van der Waals surface area contributed by atoms with Crippen molar-refractivity contribution in [2.45, 2.75) is 26.2 Å². The summed E-state index contributed by atoms with van der Waals surface area (Å²) in [6.45, 7) is 6.59. The summed E-state index contributed by atoms with van der Waals surface area (Å²) in [5, 5.41) is 0. The third-order valence-corrected chi connectivity index (χ3v) is 1.94. The van der Waals surface area contributed by atoms with Crippen LogP contribution in [-0.2, 0) is 5.41 Å². The van der Waals surface area contributed by atoms with Gasteiger partial charge in [0.2, 0.25) is 0 Å². The molecule has 2 heteroatoms. The normalized spacial score (nSPS) is 11.4. The number of benzene rings is 1. The van der Waals surface area contributed by atoms with Gasteiger partial charge in [-0.2, -0.15) is 5.48 Å². The molecule has 1 aromatic carbocycles. The minimum atomic E-state index is 0.207. The molecule has 1 N–H and O–H groups in total. The maximum Gasteiger partial charge on any atom is 0.147 e. The Bertz CT molecular complexity index is 258. The van der Waals surface area contributed by atoms with Crippen molar-refractivity contribution < 1.29 is 4.84 Å². The van der Waals surface area contributed by atoms with E-state index in [0.29, 0.717) is 0 Å². The molecular formula is C11H17NO. The van der Waals surface area contributed by atoms with Crippen molar-refractivity contribution in [1.29, 1.82) is 0 Å². The monoisotopic (exact) mass is 179 g/mol. The van der Waals surface area contributed by atoms with Gasteiger partial charge in [0.1, 0.15) is 5.75 Å². The first-order valence-electron chi connectivity index (χ1n) is 4.48. The third kappa shape index (κ3) is 2.74. The van der Waals surface area contributed by atoms with Crippen LogP contribution >= 0.6 is 0 Å². The van der Waals surface area contributed by atoms with Crippen LogP contribution in [-0.4, -0.2) is 7.05 Å². The highest BCUT2D eigenvalue weighted by Crippen LogP contribution is 2.23. The Morgan fingerprint density at radius 1 is 1.08 bits per heavy atom. The second-order valence-electron chi connectivity index (χ2n) is 4.08. The van der Waals surface area contributed by atoms with Crippen LogP contribution in [0.4, 0.5) is 0 Å². The molecule has 0 fully saturated rings. The molecule has 0 bridgehead atoms. The SMILES string of the molecule is CNOc1ccc(C(C)(C)C)cc1. The van der Waals surface area contributed by atoms with Crippen molar-refractivity contribution in [3.05, 3.63) is 29.8 Å². The van der Waals surface area contributed by atoms with E-state index in [-0.39, 0.29) is 5.41 Å². The van der Waals surface area contributed by atoms with Gasteiger partial charge in [0.15, 0.2) is 0 Å². The number of hydrogen-bond donors (Lipinski definition) is 1. The Morgan fingerprint density at radius 2 is 1.62 bits per heavy atom. The van der Waals surface area contributed by atoms with Crippen molar-refractivity contribution in [2.75, 3.05) is 7.05 Å². The minimum absolute atomic E-state index is 0.207. The molecule has 0 saturated heterocycles. The van der Waals surface area contributed by atoms with Crippen molar-refractivity contribution in [3.63, 3.8) is 0 Å². The smallest absolute Gasteiger partial charge is 0.147 e. The molecule has 0 aliphatic heterocycles. The van der Waals surface area contributed by atoms with Crippen LogP contribution in [0.2, 0.25) is 0 Å². The first-order chi connectivity index (χ1) is 6.04. The van der Waals surface area contributed by atoms with E-state index in [1.165, 1.54) is 5.56 Å². The van der Waals surface area contributed by atoms with E-state index in [1.807, 2.05) is 12.1 Å². The molecule has 0 aliphatic carbocycles. The molecular weight excluding hydrogens is 162 g/mol. The third-order valence-electron chi connectivity index (χ3n) is 1.94. The highest BCUT2D eigenvalue weighted by atomic mass is 16.6. The topological polar surface area (TPSA) is 21.3 Å². The first kappa shape index (κ1) is 10.1. The summed E-state index contributed by atoms with van der Waals surface area (Å²) in [6, 6.07) is 8.12. The molecule has 0 radical (unpaired) electrons. The molecule has 1 aromatic rings. The highest BCUT2D eigenvalue weighted by molar-refractivity contribution is 5.30. The Hall–Kier alpha value is -1.02. The fourth-order valence-electron chi connectivity index (χ4n) is 1.14. The molecule has 0 saturated carbocycles. The number of hydrogen-bond acceptors (Lipinski definition) is 2. The number of hydroxylamine groups is 1. The first-order valence-corrected chi connectivity index (χ1v) is 4.48. The minimum Gasteiger partial charge on any atom is -0.409 e. The van der Waals surface area contributed by atoms with Crippen LogP contribution < -0.4 is 10.3 Å². The van der Waals surface area contributed by atoms with E-state index in [0.717, 1.165) is 5.75 Å². The number of nitrogens with one attached hydrogen (secondary N) is 1. The maximum absolute atomic E-state index is 5.12. The fraction of sp³-hybridized carbons (Fsp3) is 0.455. The Kier molecular flexibility index (Phi) is 2.94. The molecule has 13 heavy (non-hydrogen) atoms. The zero-order valence-electron chi connectivity index (χ0n) is 8.72. The van der Waals surface area contributed by atoms with Crippen LogP contribution in [0.15, 0.2) is 24.3 Å². The highest BCUT2D eigenvalue weighted by Gasteiger charge is 2.12. The molecule has 72 valence electrons. The molecule has 1 rings (SSSR count). The summed E-state index contributed by atoms with van der Waals surface area (Å²) < 4.78 is 0. The summed E-state index contributed by atoms with van der Waals surface area (Å²) in [4.78, 5) is 5.12. The molecule has 0 spiro atoms. The average Bonchev–Trinajstić information content (AvgIpc) is 2.04. The maximum atomic E-state index is 5.12. The van der Waals surface area contributed by atoms with E-state index >= 15 is 0 Å². The summed E-state index contributed by atoms with van der Waals surface area (Å²) in [5.41, 5.74) is 4.16. The van der Waals surface area contributed by atoms with Gasteiger partial charge in [-0.25, -0.2) is 0 Å². The van der Waals surface area contributed by atoms with Gasteiger partial charge in [0.25, 0.3) is 0 Å². The molecule has 0 atom stereocenters. The van der Waals surface area contributed by atoms with E-state index in [1.54, 1.807) is 7.05 Å². The molecule has 0 aromatic heterocycles. The van der Waals surface area contributed by atoms with Crippen molar-refractivity contribution >= 4 is 0 Å². The van der Waals surface area contributed by atoms with Gasteiger partial charge in [-0.3, -0.25) is 0 Å². The lowest BCUT2D eigenvalue weighted by Crippen LogP contribution is -2.13. The van der Waals surface area contributed by atoms with E-state index < -0.39 is 0 Å². The largest absolute Gasteiger partial charge is 0.409 e. The van der Waals surface area contributed by atoms with E-state index in [4.69, 9.17) is 4.84 Å². The summed E-state index contributed by atoms with van der Waals surface area (Å²) in [5.74, 6) is 0.843. The van der Waals surface area contributed by atoms with Gasteiger partial charge in [-0.15, -0.1) is 0 Å². The van der Waals surface area contributed by atoms with Crippen LogP contribution in [0.1, 0.15) is 26.3 Å². The summed E-state index contributed by atoms with van der Waals surface area (Å²) >= 11 is 0. The average molecular weight is 179 g/mol. The second kappa shape index (κ2) is 3.79. The zero-order valence-corrected chi connectivity index (χ0v) is 8.72. The van der Waals surface area contributed by atoms with Crippen LogP contribution in [0.25, 0.3) is 0 Å². The lowest BCUT2D eigenvalue weighted by molar-refractivity contribution is 0.224. The summed E-state index contributed by atoms with van der Waals surface area (Å²) in [7, 11) is 1.75. The van der Waals surface area contributed by atoms with Crippen molar-refractivity contribution in [3.8, 4) is 5.75 Å². The van der Waals surface area contributed by atoms with Gasteiger partial charge in [0.05, 0.1) is 0 Å².